The molecule has 0 bridgehead atoms. The first-order valence-corrected chi connectivity index (χ1v) is 7.59. The molecule has 20 heavy (non-hydrogen) atoms. The number of nitrogens with zero attached hydrogens (tertiary/aromatic N) is 1. The van der Waals surface area contributed by atoms with Crippen LogP contribution in [0.5, 0.6) is 0 Å². The average molecular weight is 277 g/mol. The van der Waals surface area contributed by atoms with Gasteiger partial charge in [-0.1, -0.05) is 19.0 Å². The van der Waals surface area contributed by atoms with Crippen molar-refractivity contribution < 1.29 is 14.1 Å². The number of carbonyl (C=O) groups excluding carboxylic acids is 1. The van der Waals surface area contributed by atoms with E-state index >= 15 is 0 Å². The molecule has 0 spiro atoms. The van der Waals surface area contributed by atoms with E-state index in [4.69, 9.17) is 9.26 Å². The zero-order valence-electron chi connectivity index (χ0n) is 12.6. The number of hydrogen-bond donors (Lipinski definition) is 0. The number of hydrogen-bond acceptors (Lipinski definition) is 4. The maximum Gasteiger partial charge on any atom is 0.343 e. The van der Waals surface area contributed by atoms with Crippen LogP contribution in [-0.2, 0) is 4.74 Å². The molecular weight excluding hydrogens is 254 g/mol. The summed E-state index contributed by atoms with van der Waals surface area (Å²) in [5.41, 5.74) is 1.87. The lowest BCUT2D eigenvalue weighted by atomic mass is 9.72. The molecule has 2 aliphatic carbocycles. The number of ether oxygens (including phenoxy) is 1. The summed E-state index contributed by atoms with van der Waals surface area (Å²) in [5.74, 6) is 1.20. The first kappa shape index (κ1) is 13.7. The highest BCUT2D eigenvalue weighted by molar-refractivity contribution is 5.92. The molecule has 4 nitrogen and oxygen atoms in total. The van der Waals surface area contributed by atoms with Crippen molar-refractivity contribution >= 4 is 5.97 Å². The fraction of sp³-hybridized carbons (Fsp3) is 0.750. The van der Waals surface area contributed by atoms with E-state index in [0.29, 0.717) is 22.8 Å². The van der Waals surface area contributed by atoms with Crippen LogP contribution in [0.2, 0.25) is 0 Å². The first-order valence-electron chi connectivity index (χ1n) is 7.59. The van der Waals surface area contributed by atoms with Crippen molar-refractivity contribution in [3.8, 4) is 0 Å². The van der Waals surface area contributed by atoms with Crippen molar-refractivity contribution in [1.29, 1.82) is 0 Å². The zero-order valence-corrected chi connectivity index (χ0v) is 12.6. The monoisotopic (exact) mass is 277 g/mol. The molecular formula is C16H23NO3. The van der Waals surface area contributed by atoms with Crippen LogP contribution in [0, 0.1) is 5.41 Å². The molecule has 0 amide bonds. The Morgan fingerprint density at radius 1 is 1.20 bits per heavy atom. The summed E-state index contributed by atoms with van der Waals surface area (Å²) in [6.07, 6.45) is 6.68. The molecule has 0 unspecified atom stereocenters. The largest absolute Gasteiger partial charge is 0.465 e. The van der Waals surface area contributed by atoms with E-state index < -0.39 is 0 Å². The Morgan fingerprint density at radius 3 is 2.40 bits per heavy atom. The van der Waals surface area contributed by atoms with Gasteiger partial charge in [-0.05, 0) is 43.9 Å². The van der Waals surface area contributed by atoms with Gasteiger partial charge < -0.3 is 9.26 Å². The standard InChI is InChI=1S/C16H23NO3/c1-16(2)8-6-10(7-9-16)13-12(15(18)19-3)14(20-17-13)11-4-5-11/h10-11H,4-9H2,1-3H3. The van der Waals surface area contributed by atoms with E-state index in [1.54, 1.807) is 0 Å². The van der Waals surface area contributed by atoms with E-state index in [9.17, 15) is 4.79 Å². The highest BCUT2D eigenvalue weighted by atomic mass is 16.5. The molecule has 0 atom stereocenters. The summed E-state index contributed by atoms with van der Waals surface area (Å²) in [6.45, 7) is 4.62. The predicted octanol–water partition coefficient (Wildman–Crippen LogP) is 4.02. The molecule has 1 heterocycles. The van der Waals surface area contributed by atoms with Crippen LogP contribution in [0.1, 0.15) is 86.0 Å². The van der Waals surface area contributed by atoms with Gasteiger partial charge in [-0.2, -0.15) is 0 Å². The van der Waals surface area contributed by atoms with Gasteiger partial charge in [0.25, 0.3) is 0 Å². The lowest BCUT2D eigenvalue weighted by molar-refractivity contribution is 0.0596. The van der Waals surface area contributed by atoms with Gasteiger partial charge in [-0.3, -0.25) is 0 Å². The third-order valence-electron chi connectivity index (χ3n) is 4.81. The van der Waals surface area contributed by atoms with Gasteiger partial charge in [0.15, 0.2) is 5.76 Å². The SMILES string of the molecule is COC(=O)c1c(C2CCC(C)(C)CC2)noc1C1CC1. The van der Waals surface area contributed by atoms with Crippen molar-refractivity contribution in [3.05, 3.63) is 17.0 Å². The topological polar surface area (TPSA) is 52.3 Å². The molecule has 0 aromatic carbocycles. The molecule has 0 aliphatic heterocycles. The summed E-state index contributed by atoms with van der Waals surface area (Å²) in [4.78, 5) is 12.1. The molecule has 1 aromatic heterocycles. The summed E-state index contributed by atoms with van der Waals surface area (Å²) in [6, 6.07) is 0. The Bertz CT molecular complexity index is 504. The fourth-order valence-electron chi connectivity index (χ4n) is 3.20. The van der Waals surface area contributed by atoms with Crippen LogP contribution >= 0.6 is 0 Å². The number of carbonyl (C=O) groups is 1. The second-order valence-electron chi connectivity index (χ2n) is 7.01. The Morgan fingerprint density at radius 2 is 1.85 bits per heavy atom. The quantitative estimate of drug-likeness (QED) is 0.783. The molecule has 1 aromatic rings. The van der Waals surface area contributed by atoms with Crippen LogP contribution in [0.25, 0.3) is 0 Å². The van der Waals surface area contributed by atoms with Gasteiger partial charge in [0.1, 0.15) is 11.3 Å². The third-order valence-corrected chi connectivity index (χ3v) is 4.81. The van der Waals surface area contributed by atoms with Crippen LogP contribution < -0.4 is 0 Å². The minimum atomic E-state index is -0.284. The van der Waals surface area contributed by atoms with Gasteiger partial charge in [0, 0.05) is 11.8 Å². The van der Waals surface area contributed by atoms with E-state index in [1.807, 2.05) is 0 Å². The Kier molecular flexibility index (Phi) is 3.35. The Labute approximate surface area is 119 Å². The average Bonchev–Trinajstić information content (AvgIpc) is 3.17. The predicted molar refractivity (Wildman–Crippen MR) is 74.8 cm³/mol. The molecule has 4 heteroatoms. The normalized spacial score (nSPS) is 22.8. The van der Waals surface area contributed by atoms with Crippen LogP contribution in [0.15, 0.2) is 4.52 Å². The van der Waals surface area contributed by atoms with E-state index in [1.165, 1.54) is 20.0 Å². The van der Waals surface area contributed by atoms with Crippen LogP contribution in [-0.4, -0.2) is 18.2 Å². The van der Waals surface area contributed by atoms with E-state index in [2.05, 4.69) is 19.0 Å². The van der Waals surface area contributed by atoms with E-state index in [0.717, 1.165) is 37.1 Å². The van der Waals surface area contributed by atoms with Crippen molar-refractivity contribution in [2.75, 3.05) is 7.11 Å². The van der Waals surface area contributed by atoms with Gasteiger partial charge in [-0.25, -0.2) is 4.79 Å². The first-order chi connectivity index (χ1) is 9.52. The molecule has 2 fully saturated rings. The molecule has 2 aliphatic rings. The van der Waals surface area contributed by atoms with Gasteiger partial charge in [0.05, 0.1) is 7.11 Å². The summed E-state index contributed by atoms with van der Waals surface area (Å²) < 4.78 is 10.4. The Hall–Kier alpha value is -1.32. The summed E-state index contributed by atoms with van der Waals surface area (Å²) >= 11 is 0. The summed E-state index contributed by atoms with van der Waals surface area (Å²) in [7, 11) is 1.43. The van der Waals surface area contributed by atoms with Crippen LogP contribution in [0.3, 0.4) is 0 Å². The highest BCUT2D eigenvalue weighted by Crippen LogP contribution is 2.47. The number of aromatic nitrogens is 1. The fourth-order valence-corrected chi connectivity index (χ4v) is 3.20. The molecule has 0 N–H and O–H groups in total. The zero-order chi connectivity index (χ0) is 14.3. The third kappa shape index (κ3) is 2.48. The summed E-state index contributed by atoms with van der Waals surface area (Å²) in [5, 5.41) is 4.24. The second-order valence-corrected chi connectivity index (χ2v) is 7.01. The minimum Gasteiger partial charge on any atom is -0.465 e. The molecule has 110 valence electrons. The lowest BCUT2D eigenvalue weighted by Crippen LogP contribution is -2.21. The maximum absolute atomic E-state index is 12.1. The van der Waals surface area contributed by atoms with Gasteiger partial charge in [-0.15, -0.1) is 0 Å². The lowest BCUT2D eigenvalue weighted by Gasteiger charge is -2.33. The molecule has 0 radical (unpaired) electrons. The van der Waals surface area contributed by atoms with Crippen molar-refractivity contribution in [2.45, 2.75) is 64.2 Å². The van der Waals surface area contributed by atoms with Crippen molar-refractivity contribution in [2.24, 2.45) is 5.41 Å². The Balaban J connectivity index is 1.87. The van der Waals surface area contributed by atoms with E-state index in [-0.39, 0.29) is 5.97 Å². The second kappa shape index (κ2) is 4.90. The van der Waals surface area contributed by atoms with Crippen molar-refractivity contribution in [1.82, 2.24) is 5.16 Å². The smallest absolute Gasteiger partial charge is 0.343 e. The number of methoxy groups -OCH3 is 1. The number of rotatable bonds is 3. The maximum atomic E-state index is 12.1. The van der Waals surface area contributed by atoms with Crippen LogP contribution in [0.4, 0.5) is 0 Å². The van der Waals surface area contributed by atoms with Crippen molar-refractivity contribution in [3.63, 3.8) is 0 Å². The van der Waals surface area contributed by atoms with Gasteiger partial charge in [0.2, 0.25) is 0 Å². The highest BCUT2D eigenvalue weighted by Gasteiger charge is 2.38. The van der Waals surface area contributed by atoms with Gasteiger partial charge >= 0.3 is 5.97 Å². The minimum absolute atomic E-state index is 0.284. The molecule has 3 rings (SSSR count). The molecule has 0 saturated heterocycles. The molecule has 2 saturated carbocycles. The number of esters is 1.